The van der Waals surface area contributed by atoms with Gasteiger partial charge in [0.05, 0.1) is 20.6 Å². The summed E-state index contributed by atoms with van der Waals surface area (Å²) < 4.78 is 38.5. The molecule has 21 heavy (non-hydrogen) atoms. The van der Waals surface area contributed by atoms with Crippen molar-refractivity contribution in [2.45, 2.75) is 12.1 Å². The van der Waals surface area contributed by atoms with Crippen molar-refractivity contribution in [1.29, 1.82) is 0 Å². The lowest BCUT2D eigenvalue weighted by Gasteiger charge is -2.13. The molecule has 0 saturated carbocycles. The molecule has 0 amide bonds. The topological polar surface area (TPSA) is 0 Å². The van der Waals surface area contributed by atoms with Crippen LogP contribution in [0.5, 0.6) is 0 Å². The number of benzene rings is 2. The van der Waals surface area contributed by atoms with Crippen molar-refractivity contribution in [3.05, 3.63) is 56.5 Å². The fourth-order valence-corrected chi connectivity index (χ4v) is 2.68. The van der Waals surface area contributed by atoms with Gasteiger partial charge in [-0.3, -0.25) is 0 Å². The SMILES string of the molecule is FC(F)(F)c1ccc(CCl)c(-c2cc(Cl)c(Cl)c(Cl)c2)c1. The molecular weight excluding hydrogens is 367 g/mol. The molecule has 0 bridgehead atoms. The minimum Gasteiger partial charge on any atom is -0.166 e. The van der Waals surface area contributed by atoms with E-state index in [1.165, 1.54) is 18.2 Å². The van der Waals surface area contributed by atoms with Crippen LogP contribution < -0.4 is 0 Å². The lowest BCUT2D eigenvalue weighted by atomic mass is 9.98. The van der Waals surface area contributed by atoms with Crippen LogP contribution in [0.3, 0.4) is 0 Å². The van der Waals surface area contributed by atoms with Crippen LogP contribution in [0.25, 0.3) is 11.1 Å². The Morgan fingerprint density at radius 1 is 0.905 bits per heavy atom. The third kappa shape index (κ3) is 3.59. The highest BCUT2D eigenvalue weighted by atomic mass is 35.5. The van der Waals surface area contributed by atoms with E-state index in [9.17, 15) is 13.2 Å². The van der Waals surface area contributed by atoms with E-state index in [0.717, 1.165) is 12.1 Å². The van der Waals surface area contributed by atoms with E-state index in [1.54, 1.807) is 0 Å². The Labute approximate surface area is 139 Å². The normalized spacial score (nSPS) is 11.8. The minimum absolute atomic E-state index is 0.0608. The Bertz CT molecular complexity index is 657. The quantitative estimate of drug-likeness (QED) is 0.390. The van der Waals surface area contributed by atoms with Crippen LogP contribution in [-0.4, -0.2) is 0 Å². The second-order valence-electron chi connectivity index (χ2n) is 4.26. The van der Waals surface area contributed by atoms with Crippen LogP contribution in [0.1, 0.15) is 11.1 Å². The molecule has 2 rings (SSSR count). The van der Waals surface area contributed by atoms with Gasteiger partial charge in [-0.1, -0.05) is 40.9 Å². The van der Waals surface area contributed by atoms with E-state index in [0.29, 0.717) is 16.7 Å². The highest BCUT2D eigenvalue weighted by molar-refractivity contribution is 6.48. The van der Waals surface area contributed by atoms with Crippen molar-refractivity contribution in [1.82, 2.24) is 0 Å². The Hall–Kier alpha value is -0.610. The maximum atomic E-state index is 12.8. The first kappa shape index (κ1) is 16.8. The zero-order valence-electron chi connectivity index (χ0n) is 10.2. The van der Waals surface area contributed by atoms with E-state index >= 15 is 0 Å². The Morgan fingerprint density at radius 3 is 1.95 bits per heavy atom. The summed E-state index contributed by atoms with van der Waals surface area (Å²) in [6, 6.07) is 6.26. The fourth-order valence-electron chi connectivity index (χ4n) is 1.85. The minimum atomic E-state index is -4.44. The number of rotatable bonds is 2. The maximum Gasteiger partial charge on any atom is 0.416 e. The molecule has 0 spiro atoms. The summed E-state index contributed by atoms with van der Waals surface area (Å²) in [5.74, 6) is 0.0608. The van der Waals surface area contributed by atoms with Gasteiger partial charge in [0.15, 0.2) is 0 Å². The van der Waals surface area contributed by atoms with E-state index in [1.807, 2.05) is 0 Å². The molecule has 0 unspecified atom stereocenters. The summed E-state index contributed by atoms with van der Waals surface area (Å²) in [5.41, 5.74) is 0.518. The van der Waals surface area contributed by atoms with Crippen LogP contribution in [-0.2, 0) is 12.1 Å². The highest BCUT2D eigenvalue weighted by Gasteiger charge is 2.31. The Kier molecular flexibility index (Phi) is 4.99. The van der Waals surface area contributed by atoms with Gasteiger partial charge in [-0.15, -0.1) is 11.6 Å². The molecule has 0 aliphatic carbocycles. The number of hydrogen-bond acceptors (Lipinski definition) is 0. The van der Waals surface area contributed by atoms with Gasteiger partial charge in [0.25, 0.3) is 0 Å². The zero-order valence-corrected chi connectivity index (χ0v) is 13.3. The van der Waals surface area contributed by atoms with Crippen LogP contribution >= 0.6 is 46.4 Å². The van der Waals surface area contributed by atoms with Crippen LogP contribution in [0.2, 0.25) is 15.1 Å². The standard InChI is InChI=1S/C14H7Cl4F3/c15-6-7-1-2-9(14(19,20)21)5-10(7)8-3-11(16)13(18)12(17)4-8/h1-5H,6H2. The second kappa shape index (κ2) is 6.25. The van der Waals surface area contributed by atoms with Gasteiger partial charge in [-0.25, -0.2) is 0 Å². The third-order valence-electron chi connectivity index (χ3n) is 2.88. The lowest BCUT2D eigenvalue weighted by molar-refractivity contribution is -0.137. The van der Waals surface area contributed by atoms with Crippen LogP contribution in [0, 0.1) is 0 Å². The second-order valence-corrected chi connectivity index (χ2v) is 5.72. The lowest BCUT2D eigenvalue weighted by Crippen LogP contribution is -2.05. The number of alkyl halides is 4. The maximum absolute atomic E-state index is 12.8. The molecule has 0 aliphatic heterocycles. The van der Waals surface area contributed by atoms with Gasteiger partial charge in [0.2, 0.25) is 0 Å². The molecule has 0 atom stereocenters. The number of halogens is 7. The largest absolute Gasteiger partial charge is 0.416 e. The molecule has 112 valence electrons. The van der Waals surface area contributed by atoms with E-state index in [2.05, 4.69) is 0 Å². The van der Waals surface area contributed by atoms with E-state index < -0.39 is 11.7 Å². The molecular formula is C14H7Cl4F3. The predicted molar refractivity (Wildman–Crippen MR) is 81.5 cm³/mol. The Morgan fingerprint density at radius 2 is 1.48 bits per heavy atom. The van der Waals surface area contributed by atoms with Crippen molar-refractivity contribution in [3.63, 3.8) is 0 Å². The van der Waals surface area contributed by atoms with E-state index in [-0.39, 0.29) is 20.9 Å². The van der Waals surface area contributed by atoms with Gasteiger partial charge in [-0.2, -0.15) is 13.2 Å². The molecule has 0 heterocycles. The monoisotopic (exact) mass is 372 g/mol. The van der Waals surface area contributed by atoms with Gasteiger partial charge >= 0.3 is 6.18 Å². The van der Waals surface area contributed by atoms with Crippen molar-refractivity contribution < 1.29 is 13.2 Å². The molecule has 0 aromatic heterocycles. The van der Waals surface area contributed by atoms with Crippen LogP contribution in [0.4, 0.5) is 13.2 Å². The van der Waals surface area contributed by atoms with Crippen molar-refractivity contribution in [3.8, 4) is 11.1 Å². The van der Waals surface area contributed by atoms with Crippen LogP contribution in [0.15, 0.2) is 30.3 Å². The summed E-state index contributed by atoms with van der Waals surface area (Å²) in [6.07, 6.45) is -4.44. The number of hydrogen-bond donors (Lipinski definition) is 0. The molecule has 0 aliphatic rings. The van der Waals surface area contributed by atoms with Gasteiger partial charge in [0.1, 0.15) is 0 Å². The summed E-state index contributed by atoms with van der Waals surface area (Å²) >= 11 is 23.5. The van der Waals surface area contributed by atoms with Gasteiger partial charge in [-0.05, 0) is 41.0 Å². The zero-order chi connectivity index (χ0) is 15.8. The first-order valence-electron chi connectivity index (χ1n) is 5.65. The summed E-state index contributed by atoms with van der Waals surface area (Å²) in [5, 5.41) is 0.482. The average molecular weight is 374 g/mol. The molecule has 0 radical (unpaired) electrons. The molecule has 0 fully saturated rings. The van der Waals surface area contributed by atoms with Crippen molar-refractivity contribution in [2.24, 2.45) is 0 Å². The molecule has 2 aromatic rings. The first-order valence-corrected chi connectivity index (χ1v) is 7.32. The summed E-state index contributed by atoms with van der Waals surface area (Å²) in [6.45, 7) is 0. The summed E-state index contributed by atoms with van der Waals surface area (Å²) in [7, 11) is 0. The first-order chi connectivity index (χ1) is 9.74. The third-order valence-corrected chi connectivity index (χ3v) is 4.36. The molecule has 0 saturated heterocycles. The summed E-state index contributed by atoms with van der Waals surface area (Å²) in [4.78, 5) is 0. The fraction of sp³-hybridized carbons (Fsp3) is 0.143. The van der Waals surface area contributed by atoms with Gasteiger partial charge < -0.3 is 0 Å². The molecule has 2 aromatic carbocycles. The Balaban J connectivity index is 2.67. The predicted octanol–water partition coefficient (Wildman–Crippen LogP) is 7.07. The smallest absolute Gasteiger partial charge is 0.166 e. The van der Waals surface area contributed by atoms with Crippen molar-refractivity contribution >= 4 is 46.4 Å². The molecule has 0 N–H and O–H groups in total. The highest BCUT2D eigenvalue weighted by Crippen LogP contribution is 2.39. The molecule has 0 nitrogen and oxygen atoms in total. The van der Waals surface area contributed by atoms with Crippen molar-refractivity contribution in [2.75, 3.05) is 0 Å². The molecule has 7 heteroatoms. The van der Waals surface area contributed by atoms with E-state index in [4.69, 9.17) is 46.4 Å². The average Bonchev–Trinajstić information content (AvgIpc) is 2.42. The van der Waals surface area contributed by atoms with Gasteiger partial charge in [0, 0.05) is 5.88 Å².